The Morgan fingerprint density at radius 3 is 1.12 bits per heavy atom. The molecule has 0 rings (SSSR count). The molecule has 0 aliphatic rings. The summed E-state index contributed by atoms with van der Waals surface area (Å²) in [7, 11) is 8.67. The van der Waals surface area contributed by atoms with Crippen LogP contribution in [0.1, 0.15) is 124 Å². The molecule has 4 nitrogen and oxygen atoms in total. The van der Waals surface area contributed by atoms with Gasteiger partial charge in [-0.3, -0.25) is 9.80 Å². The summed E-state index contributed by atoms with van der Waals surface area (Å²) in [5.74, 6) is 0. The van der Waals surface area contributed by atoms with Crippen LogP contribution >= 0.6 is 0 Å². The van der Waals surface area contributed by atoms with Gasteiger partial charge in [-0.2, -0.15) is 0 Å². The second-order valence-electron chi connectivity index (χ2n) is 11.0. The lowest BCUT2D eigenvalue weighted by Gasteiger charge is -2.44. The third-order valence-electron chi connectivity index (χ3n) is 6.75. The zero-order valence-electron chi connectivity index (χ0n) is 23.9. The quantitative estimate of drug-likeness (QED) is 0.101. The molecule has 0 amide bonds. The average molecular weight is 471 g/mol. The van der Waals surface area contributed by atoms with Crippen molar-refractivity contribution >= 4 is 0 Å². The third-order valence-corrected chi connectivity index (χ3v) is 6.75. The summed E-state index contributed by atoms with van der Waals surface area (Å²) in [6.07, 6.45) is 21.7. The van der Waals surface area contributed by atoms with Gasteiger partial charge in [0, 0.05) is 18.6 Å². The van der Waals surface area contributed by atoms with E-state index in [2.05, 4.69) is 58.8 Å². The van der Waals surface area contributed by atoms with E-state index in [1.165, 1.54) is 103 Å². The molecule has 0 fully saturated rings. The van der Waals surface area contributed by atoms with Crippen molar-refractivity contribution in [3.05, 3.63) is 0 Å². The molecule has 0 atom stereocenters. The summed E-state index contributed by atoms with van der Waals surface area (Å²) >= 11 is 0. The van der Waals surface area contributed by atoms with Crippen LogP contribution in [0.3, 0.4) is 0 Å². The van der Waals surface area contributed by atoms with Crippen LogP contribution in [0.15, 0.2) is 0 Å². The first-order valence-corrected chi connectivity index (χ1v) is 14.4. The maximum atomic E-state index is 6.23. The summed E-state index contributed by atoms with van der Waals surface area (Å²) in [5, 5.41) is 0. The van der Waals surface area contributed by atoms with Gasteiger partial charge in [0.25, 0.3) is 0 Å². The SMILES string of the molecule is CCCCCCCCCCOCC(C)(COCCCCCCCCCC)C(N(C)C)N(C)C. The van der Waals surface area contributed by atoms with Crippen LogP contribution in [-0.2, 0) is 9.47 Å². The smallest absolute Gasteiger partial charge is 0.0712 e. The Kier molecular flexibility index (Phi) is 22.2. The van der Waals surface area contributed by atoms with Crippen molar-refractivity contribution in [3.63, 3.8) is 0 Å². The summed E-state index contributed by atoms with van der Waals surface area (Å²) < 4.78 is 12.5. The highest BCUT2D eigenvalue weighted by Gasteiger charge is 2.38. The highest BCUT2D eigenvalue weighted by atomic mass is 16.5. The molecule has 0 unspecified atom stereocenters. The molecule has 0 spiro atoms. The lowest BCUT2D eigenvalue weighted by Crippen LogP contribution is -2.55. The van der Waals surface area contributed by atoms with Gasteiger partial charge in [0.2, 0.25) is 0 Å². The molecule has 0 bridgehead atoms. The van der Waals surface area contributed by atoms with Crippen LogP contribution in [0, 0.1) is 5.41 Å². The molecule has 0 aromatic carbocycles. The minimum atomic E-state index is -0.0483. The van der Waals surface area contributed by atoms with Crippen molar-refractivity contribution in [3.8, 4) is 0 Å². The van der Waals surface area contributed by atoms with E-state index in [1.807, 2.05) is 0 Å². The molecular weight excluding hydrogens is 408 g/mol. The molecule has 0 aromatic heterocycles. The second kappa shape index (κ2) is 22.3. The standard InChI is InChI=1S/C29H62N2O2/c1-8-10-12-14-16-18-20-22-24-32-26-29(3,28(30(4)5)31(6)7)27-33-25-23-21-19-17-15-13-11-9-2/h28H,8-27H2,1-7H3. The van der Waals surface area contributed by atoms with E-state index in [-0.39, 0.29) is 11.6 Å². The van der Waals surface area contributed by atoms with Gasteiger partial charge in [-0.15, -0.1) is 0 Å². The first-order valence-electron chi connectivity index (χ1n) is 14.4. The Labute approximate surface area is 209 Å². The minimum absolute atomic E-state index is 0.0483. The van der Waals surface area contributed by atoms with Crippen molar-refractivity contribution in [2.45, 2.75) is 130 Å². The molecule has 200 valence electrons. The summed E-state index contributed by atoms with van der Waals surface area (Å²) in [6, 6.07) is 0. The van der Waals surface area contributed by atoms with E-state index in [1.54, 1.807) is 0 Å². The lowest BCUT2D eigenvalue weighted by atomic mass is 9.87. The average Bonchev–Trinajstić information content (AvgIpc) is 2.76. The maximum absolute atomic E-state index is 6.23. The molecule has 0 saturated carbocycles. The highest BCUT2D eigenvalue weighted by Crippen LogP contribution is 2.28. The van der Waals surface area contributed by atoms with E-state index in [0.717, 1.165) is 26.4 Å². The van der Waals surface area contributed by atoms with Gasteiger partial charge in [-0.1, -0.05) is 111 Å². The minimum Gasteiger partial charge on any atom is -0.381 e. The molecule has 33 heavy (non-hydrogen) atoms. The van der Waals surface area contributed by atoms with E-state index in [9.17, 15) is 0 Å². The Bertz CT molecular complexity index is 369. The molecule has 0 aromatic rings. The van der Waals surface area contributed by atoms with Crippen molar-refractivity contribution < 1.29 is 9.47 Å². The van der Waals surface area contributed by atoms with Crippen LogP contribution < -0.4 is 0 Å². The number of hydrogen-bond donors (Lipinski definition) is 0. The van der Waals surface area contributed by atoms with Crippen LogP contribution in [0.25, 0.3) is 0 Å². The lowest BCUT2D eigenvalue weighted by molar-refractivity contribution is -0.0929. The van der Waals surface area contributed by atoms with Gasteiger partial charge in [0.15, 0.2) is 0 Å². The molecule has 0 heterocycles. The fraction of sp³-hybridized carbons (Fsp3) is 1.00. The van der Waals surface area contributed by atoms with Gasteiger partial charge in [-0.25, -0.2) is 0 Å². The maximum Gasteiger partial charge on any atom is 0.0712 e. The zero-order chi connectivity index (χ0) is 24.8. The molecular formula is C29H62N2O2. The van der Waals surface area contributed by atoms with E-state index in [0.29, 0.717) is 0 Å². The summed E-state index contributed by atoms with van der Waals surface area (Å²) in [6.45, 7) is 10.1. The fourth-order valence-corrected chi connectivity index (χ4v) is 5.19. The zero-order valence-corrected chi connectivity index (χ0v) is 23.9. The van der Waals surface area contributed by atoms with Gasteiger partial charge in [-0.05, 0) is 41.0 Å². The van der Waals surface area contributed by atoms with E-state index >= 15 is 0 Å². The Balaban J connectivity index is 4.24. The fourth-order valence-electron chi connectivity index (χ4n) is 5.19. The number of rotatable bonds is 25. The number of unbranched alkanes of at least 4 members (excludes halogenated alkanes) is 14. The Morgan fingerprint density at radius 1 is 0.515 bits per heavy atom. The molecule has 0 saturated heterocycles. The van der Waals surface area contributed by atoms with Crippen molar-refractivity contribution in [2.24, 2.45) is 5.41 Å². The molecule has 0 aliphatic heterocycles. The van der Waals surface area contributed by atoms with Crippen LogP contribution in [-0.4, -0.2) is 70.6 Å². The highest BCUT2D eigenvalue weighted by molar-refractivity contribution is 4.86. The number of ether oxygens (including phenoxy) is 2. The molecule has 0 aliphatic carbocycles. The Morgan fingerprint density at radius 2 is 0.818 bits per heavy atom. The molecule has 4 heteroatoms. The number of hydrogen-bond acceptors (Lipinski definition) is 4. The van der Waals surface area contributed by atoms with Crippen molar-refractivity contribution in [1.29, 1.82) is 0 Å². The number of nitrogens with zero attached hydrogens (tertiary/aromatic N) is 2. The third kappa shape index (κ3) is 17.9. The van der Waals surface area contributed by atoms with Crippen LogP contribution in [0.5, 0.6) is 0 Å². The van der Waals surface area contributed by atoms with E-state index < -0.39 is 0 Å². The largest absolute Gasteiger partial charge is 0.381 e. The van der Waals surface area contributed by atoms with Gasteiger partial charge >= 0.3 is 0 Å². The van der Waals surface area contributed by atoms with Crippen LogP contribution in [0.2, 0.25) is 0 Å². The van der Waals surface area contributed by atoms with Crippen molar-refractivity contribution in [1.82, 2.24) is 9.80 Å². The first kappa shape index (κ1) is 32.8. The normalized spacial score (nSPS) is 12.5. The van der Waals surface area contributed by atoms with Crippen molar-refractivity contribution in [2.75, 3.05) is 54.6 Å². The van der Waals surface area contributed by atoms with Crippen LogP contribution in [0.4, 0.5) is 0 Å². The predicted octanol–water partition coefficient (Wildman–Crippen LogP) is 7.76. The second-order valence-corrected chi connectivity index (χ2v) is 11.0. The first-order chi connectivity index (χ1) is 15.9. The predicted molar refractivity (Wildman–Crippen MR) is 146 cm³/mol. The molecule has 0 N–H and O–H groups in total. The van der Waals surface area contributed by atoms with Gasteiger partial charge in [0.1, 0.15) is 0 Å². The summed E-state index contributed by atoms with van der Waals surface area (Å²) in [4.78, 5) is 4.61. The van der Waals surface area contributed by atoms with E-state index in [4.69, 9.17) is 9.47 Å². The molecule has 0 radical (unpaired) electrons. The van der Waals surface area contributed by atoms with Gasteiger partial charge < -0.3 is 9.47 Å². The monoisotopic (exact) mass is 470 g/mol. The summed E-state index contributed by atoms with van der Waals surface area (Å²) in [5.41, 5.74) is -0.0483. The van der Waals surface area contributed by atoms with Gasteiger partial charge in [0.05, 0.1) is 19.4 Å². The topological polar surface area (TPSA) is 24.9 Å². The Hall–Kier alpha value is -0.160.